The van der Waals surface area contributed by atoms with Crippen molar-refractivity contribution in [1.29, 1.82) is 0 Å². The topological polar surface area (TPSA) is 75.6 Å². The second-order valence-electron chi connectivity index (χ2n) is 11.0. The summed E-state index contributed by atoms with van der Waals surface area (Å²) in [7, 11) is 0. The Balaban J connectivity index is 1.37. The lowest BCUT2D eigenvalue weighted by Crippen LogP contribution is -2.55. The molecule has 0 radical (unpaired) electrons. The Morgan fingerprint density at radius 3 is 2.69 bits per heavy atom. The molecule has 2 fully saturated rings. The first-order chi connectivity index (χ1) is 16.6. The van der Waals surface area contributed by atoms with Crippen molar-refractivity contribution in [3.8, 4) is 0 Å². The highest BCUT2D eigenvalue weighted by Gasteiger charge is 2.45. The summed E-state index contributed by atoms with van der Waals surface area (Å²) in [6, 6.07) is 17.4. The molecule has 4 atom stereocenters. The molecule has 35 heavy (non-hydrogen) atoms. The van der Waals surface area contributed by atoms with Gasteiger partial charge < -0.3 is 15.2 Å². The number of aliphatic hydroxyl groups is 1. The first-order valence-electron chi connectivity index (χ1n) is 12.7. The van der Waals surface area contributed by atoms with Crippen LogP contribution in [0.3, 0.4) is 0 Å². The van der Waals surface area contributed by atoms with Crippen LogP contribution in [0.4, 0.5) is 0 Å². The van der Waals surface area contributed by atoms with Crippen LogP contribution >= 0.6 is 0 Å². The largest absolute Gasteiger partial charge is 0.458 e. The highest BCUT2D eigenvalue weighted by atomic mass is 16.5. The minimum absolute atomic E-state index is 0.00503. The van der Waals surface area contributed by atoms with E-state index in [-0.39, 0.29) is 18.6 Å². The Hall–Kier alpha value is -2.92. The molecule has 5 nitrogen and oxygen atoms in total. The van der Waals surface area contributed by atoms with Crippen LogP contribution in [0.5, 0.6) is 0 Å². The van der Waals surface area contributed by atoms with Gasteiger partial charge in [0.25, 0.3) is 0 Å². The van der Waals surface area contributed by atoms with Crippen molar-refractivity contribution in [3.05, 3.63) is 77.4 Å². The zero-order chi connectivity index (χ0) is 25.1. The van der Waals surface area contributed by atoms with Crippen LogP contribution in [0, 0.1) is 11.8 Å². The van der Waals surface area contributed by atoms with Gasteiger partial charge in [0.05, 0.1) is 11.0 Å². The third-order valence-electron chi connectivity index (χ3n) is 7.69. The summed E-state index contributed by atoms with van der Waals surface area (Å²) < 4.78 is 5.31. The average Bonchev–Trinajstić information content (AvgIpc) is 2.83. The van der Waals surface area contributed by atoms with Crippen molar-refractivity contribution in [1.82, 2.24) is 5.32 Å². The molecule has 0 spiro atoms. The molecule has 2 aromatic rings. The maximum absolute atomic E-state index is 13.4. The molecule has 2 aliphatic rings. The quantitative estimate of drug-likeness (QED) is 0.428. The molecule has 2 N–H and O–H groups in total. The monoisotopic (exact) mass is 475 g/mol. The molecule has 2 aromatic carbocycles. The van der Waals surface area contributed by atoms with E-state index >= 15 is 0 Å². The lowest BCUT2D eigenvalue weighted by atomic mass is 9.63. The second kappa shape index (κ2) is 10.4. The van der Waals surface area contributed by atoms with Crippen LogP contribution in [0.25, 0.3) is 6.08 Å². The number of carbonyl (C=O) groups excluding carboxylic acids is 2. The first kappa shape index (κ1) is 25.2. The molecule has 2 saturated carbocycles. The number of benzene rings is 2. The van der Waals surface area contributed by atoms with E-state index in [2.05, 4.69) is 12.2 Å². The Morgan fingerprint density at radius 2 is 1.91 bits per heavy atom. The normalized spacial score (nSPS) is 26.3. The summed E-state index contributed by atoms with van der Waals surface area (Å²) in [4.78, 5) is 25.5. The number of ether oxygens (including phenoxy) is 1. The fourth-order valence-corrected chi connectivity index (χ4v) is 5.72. The molecule has 0 aliphatic heterocycles. The van der Waals surface area contributed by atoms with Crippen LogP contribution in [0.1, 0.15) is 69.6 Å². The number of hydrogen-bond donors (Lipinski definition) is 2. The number of rotatable bonds is 7. The van der Waals surface area contributed by atoms with Crippen LogP contribution in [-0.4, -0.2) is 28.6 Å². The Bertz CT molecular complexity index is 1080. The van der Waals surface area contributed by atoms with Crippen molar-refractivity contribution in [2.75, 3.05) is 0 Å². The molecule has 2 aliphatic carbocycles. The predicted octanol–water partition coefficient (Wildman–Crippen LogP) is 5.17. The van der Waals surface area contributed by atoms with E-state index in [4.69, 9.17) is 4.74 Å². The van der Waals surface area contributed by atoms with Crippen molar-refractivity contribution < 1.29 is 19.4 Å². The van der Waals surface area contributed by atoms with E-state index in [9.17, 15) is 14.7 Å². The maximum Gasteiger partial charge on any atom is 0.331 e. The van der Waals surface area contributed by atoms with E-state index in [0.717, 1.165) is 48.8 Å². The average molecular weight is 476 g/mol. The summed E-state index contributed by atoms with van der Waals surface area (Å²) in [5.41, 5.74) is 1.38. The summed E-state index contributed by atoms with van der Waals surface area (Å²) in [5.74, 6) is 0.396. The lowest BCUT2D eigenvalue weighted by Gasteiger charge is -2.48. The molecule has 4 rings (SSSR count). The van der Waals surface area contributed by atoms with E-state index in [1.807, 2.05) is 68.4 Å². The SMILES string of the molecule is CC1C[C@H]2C[C@](O)(CCC2NC(=O)C(C)(C)c2cccc(/C=C/C(=O)OCc3ccccc3)c2)C1. The molecular weight excluding hydrogens is 438 g/mol. The molecule has 0 heterocycles. The zero-order valence-corrected chi connectivity index (χ0v) is 21.0. The summed E-state index contributed by atoms with van der Waals surface area (Å²) in [6.45, 7) is 6.29. The van der Waals surface area contributed by atoms with Gasteiger partial charge in [0, 0.05) is 12.1 Å². The Morgan fingerprint density at radius 1 is 1.14 bits per heavy atom. The minimum atomic E-state index is -0.730. The Kier molecular flexibility index (Phi) is 7.46. The highest BCUT2D eigenvalue weighted by Crippen LogP contribution is 2.45. The molecule has 186 valence electrons. The van der Waals surface area contributed by atoms with Gasteiger partial charge in [-0.15, -0.1) is 0 Å². The number of fused-ring (bicyclic) bond motifs is 2. The van der Waals surface area contributed by atoms with Gasteiger partial charge in [-0.25, -0.2) is 4.79 Å². The van der Waals surface area contributed by atoms with Gasteiger partial charge in [-0.2, -0.15) is 0 Å². The molecule has 2 unspecified atom stereocenters. The minimum Gasteiger partial charge on any atom is -0.458 e. The highest BCUT2D eigenvalue weighted by molar-refractivity contribution is 5.89. The van der Waals surface area contributed by atoms with Gasteiger partial charge in [0.1, 0.15) is 6.61 Å². The Labute approximate surface area is 208 Å². The molecule has 2 bridgehead atoms. The lowest BCUT2D eigenvalue weighted by molar-refractivity contribution is -0.138. The van der Waals surface area contributed by atoms with Gasteiger partial charge in [0.2, 0.25) is 5.91 Å². The van der Waals surface area contributed by atoms with E-state index in [0.29, 0.717) is 11.8 Å². The maximum atomic E-state index is 13.4. The zero-order valence-electron chi connectivity index (χ0n) is 21.0. The predicted molar refractivity (Wildman–Crippen MR) is 137 cm³/mol. The summed E-state index contributed by atoms with van der Waals surface area (Å²) in [5, 5.41) is 14.1. The fourth-order valence-electron chi connectivity index (χ4n) is 5.72. The van der Waals surface area contributed by atoms with Gasteiger partial charge in [-0.1, -0.05) is 61.5 Å². The van der Waals surface area contributed by atoms with E-state index in [1.165, 1.54) is 6.08 Å². The number of nitrogens with one attached hydrogen (secondary N) is 1. The van der Waals surface area contributed by atoms with Gasteiger partial charge in [-0.3, -0.25) is 4.79 Å². The molecule has 1 amide bonds. The number of carbonyl (C=O) groups is 2. The number of hydrogen-bond acceptors (Lipinski definition) is 4. The van der Waals surface area contributed by atoms with Crippen molar-refractivity contribution in [2.45, 2.75) is 76.5 Å². The van der Waals surface area contributed by atoms with Crippen LogP contribution in [-0.2, 0) is 26.3 Å². The number of amides is 1. The van der Waals surface area contributed by atoms with Crippen LogP contribution in [0.2, 0.25) is 0 Å². The fraction of sp³-hybridized carbons (Fsp3) is 0.467. The molecular formula is C30H37NO4. The third-order valence-corrected chi connectivity index (χ3v) is 7.69. The standard InChI is InChI=1S/C30H37NO4/c1-21-16-24-19-30(34,18-21)15-14-26(24)31-28(33)29(2,3)25-11-7-10-22(17-25)12-13-27(32)35-20-23-8-5-4-6-9-23/h4-13,17,21,24,26,34H,14-16,18-20H2,1-3H3,(H,31,33)/b13-12+/t21?,24-,26?,30-/m0/s1. The molecule has 0 aromatic heterocycles. The third kappa shape index (κ3) is 6.21. The smallest absolute Gasteiger partial charge is 0.331 e. The van der Waals surface area contributed by atoms with Gasteiger partial charge in [0.15, 0.2) is 0 Å². The summed E-state index contributed by atoms with van der Waals surface area (Å²) >= 11 is 0. The van der Waals surface area contributed by atoms with Gasteiger partial charge >= 0.3 is 5.97 Å². The molecule has 0 saturated heterocycles. The van der Waals surface area contributed by atoms with Crippen molar-refractivity contribution >= 4 is 18.0 Å². The van der Waals surface area contributed by atoms with E-state index < -0.39 is 17.0 Å². The second-order valence-corrected chi connectivity index (χ2v) is 11.0. The number of esters is 1. The van der Waals surface area contributed by atoms with Crippen molar-refractivity contribution in [3.63, 3.8) is 0 Å². The van der Waals surface area contributed by atoms with E-state index in [1.54, 1.807) is 6.08 Å². The van der Waals surface area contributed by atoms with Crippen LogP contribution < -0.4 is 5.32 Å². The first-order valence-corrected chi connectivity index (χ1v) is 12.7. The summed E-state index contributed by atoms with van der Waals surface area (Å²) in [6.07, 6.45) is 7.41. The molecule has 5 heteroatoms. The van der Waals surface area contributed by atoms with Crippen LogP contribution in [0.15, 0.2) is 60.7 Å². The van der Waals surface area contributed by atoms with Crippen molar-refractivity contribution in [2.24, 2.45) is 11.8 Å². The van der Waals surface area contributed by atoms with Gasteiger partial charge in [-0.05, 0) is 80.6 Å².